The lowest BCUT2D eigenvalue weighted by molar-refractivity contribution is -0.192. The van der Waals surface area contributed by atoms with Crippen molar-refractivity contribution in [2.24, 2.45) is 0 Å². The van der Waals surface area contributed by atoms with E-state index < -0.39 is 30.3 Å². The summed E-state index contributed by atoms with van der Waals surface area (Å²) in [5.41, 5.74) is -1.57. The number of aliphatic carboxylic acids is 1. The molecule has 114 valence electrons. The van der Waals surface area contributed by atoms with Crippen molar-refractivity contribution in [1.82, 2.24) is 5.32 Å². The monoisotopic (exact) mass is 297 g/mol. The van der Waals surface area contributed by atoms with Gasteiger partial charge in [-0.3, -0.25) is 0 Å². The van der Waals surface area contributed by atoms with Crippen molar-refractivity contribution in [3.63, 3.8) is 0 Å². The number of halogens is 6. The third-order valence-corrected chi connectivity index (χ3v) is 2.22. The molecule has 4 nitrogen and oxygen atoms in total. The van der Waals surface area contributed by atoms with Crippen LogP contribution < -0.4 is 5.32 Å². The highest BCUT2D eigenvalue weighted by molar-refractivity contribution is 5.73. The van der Waals surface area contributed by atoms with Gasteiger partial charge in [-0.05, 0) is 19.4 Å². The molecule has 1 saturated heterocycles. The fourth-order valence-corrected chi connectivity index (χ4v) is 1.48. The van der Waals surface area contributed by atoms with Crippen LogP contribution in [0.5, 0.6) is 0 Å². The fourth-order valence-electron chi connectivity index (χ4n) is 1.48. The van der Waals surface area contributed by atoms with Crippen molar-refractivity contribution < 1.29 is 41.4 Å². The maximum atomic E-state index is 11.9. The van der Waals surface area contributed by atoms with Gasteiger partial charge in [-0.1, -0.05) is 0 Å². The van der Waals surface area contributed by atoms with Crippen LogP contribution in [0.2, 0.25) is 0 Å². The van der Waals surface area contributed by atoms with Gasteiger partial charge in [0.1, 0.15) is 0 Å². The number of carboxylic acids is 1. The number of aliphatic hydroxyl groups is 1. The highest BCUT2D eigenvalue weighted by Crippen LogP contribution is 2.31. The number of carboxylic acid groups (broad SMARTS) is 1. The van der Waals surface area contributed by atoms with Crippen LogP contribution in [0, 0.1) is 0 Å². The van der Waals surface area contributed by atoms with Gasteiger partial charge in [0.2, 0.25) is 0 Å². The first-order chi connectivity index (χ1) is 8.36. The molecule has 10 heteroatoms. The Bertz CT molecular complexity index is 295. The first kappa shape index (κ1) is 18.0. The first-order valence-corrected chi connectivity index (χ1v) is 5.16. The molecular formula is C9H13F6NO3. The number of carbonyl (C=O) groups is 1. The van der Waals surface area contributed by atoms with Gasteiger partial charge in [0.05, 0.1) is 12.0 Å². The molecule has 0 spiro atoms. The van der Waals surface area contributed by atoms with Gasteiger partial charge in [-0.15, -0.1) is 0 Å². The molecule has 0 amide bonds. The highest BCUT2D eigenvalue weighted by Gasteiger charge is 2.41. The van der Waals surface area contributed by atoms with Gasteiger partial charge < -0.3 is 15.5 Å². The van der Waals surface area contributed by atoms with Gasteiger partial charge in [0.15, 0.2) is 0 Å². The number of piperidine rings is 1. The molecule has 0 aromatic heterocycles. The summed E-state index contributed by atoms with van der Waals surface area (Å²) in [5.74, 6) is -2.76. The Morgan fingerprint density at radius 3 is 1.95 bits per heavy atom. The number of rotatable bonds is 1. The minimum Gasteiger partial charge on any atom is -0.475 e. The zero-order valence-corrected chi connectivity index (χ0v) is 9.61. The molecular weight excluding hydrogens is 284 g/mol. The predicted molar refractivity (Wildman–Crippen MR) is 51.4 cm³/mol. The predicted octanol–water partition coefficient (Wildman–Crippen LogP) is 1.69. The molecule has 19 heavy (non-hydrogen) atoms. The van der Waals surface area contributed by atoms with Gasteiger partial charge >= 0.3 is 18.3 Å². The third-order valence-electron chi connectivity index (χ3n) is 2.22. The molecule has 1 fully saturated rings. The van der Waals surface area contributed by atoms with E-state index in [1.54, 1.807) is 0 Å². The summed E-state index contributed by atoms with van der Waals surface area (Å²) in [6.07, 6.45) is -9.62. The van der Waals surface area contributed by atoms with Crippen molar-refractivity contribution in [3.05, 3.63) is 0 Å². The normalized spacial score (nSPS) is 24.4. The maximum absolute atomic E-state index is 11.9. The van der Waals surface area contributed by atoms with Crippen LogP contribution in [0.1, 0.15) is 19.3 Å². The highest BCUT2D eigenvalue weighted by atomic mass is 19.4. The minimum absolute atomic E-state index is 0.0481. The van der Waals surface area contributed by atoms with E-state index in [2.05, 4.69) is 5.32 Å². The van der Waals surface area contributed by atoms with E-state index in [4.69, 9.17) is 9.90 Å². The van der Waals surface area contributed by atoms with Gasteiger partial charge in [0.25, 0.3) is 0 Å². The van der Waals surface area contributed by atoms with Crippen molar-refractivity contribution in [3.8, 4) is 0 Å². The number of nitrogens with one attached hydrogen (secondary N) is 1. The zero-order chi connectivity index (χ0) is 15.3. The molecule has 1 rings (SSSR count). The summed E-state index contributed by atoms with van der Waals surface area (Å²) in [6.45, 7) is 0.743. The first-order valence-electron chi connectivity index (χ1n) is 5.16. The fraction of sp³-hybridized carbons (Fsp3) is 0.889. The second-order valence-electron chi connectivity index (χ2n) is 4.10. The lowest BCUT2D eigenvalue weighted by Gasteiger charge is -2.33. The molecule has 3 N–H and O–H groups in total. The van der Waals surface area contributed by atoms with Crippen LogP contribution in [0.4, 0.5) is 26.3 Å². The number of hydrogen-bond acceptors (Lipinski definition) is 3. The molecule has 1 unspecified atom stereocenters. The molecule has 0 aromatic carbocycles. The van der Waals surface area contributed by atoms with Crippen molar-refractivity contribution >= 4 is 5.97 Å². The molecule has 0 aromatic rings. The van der Waals surface area contributed by atoms with E-state index in [1.165, 1.54) is 0 Å². The molecule has 0 saturated carbocycles. The second-order valence-corrected chi connectivity index (χ2v) is 4.10. The van der Waals surface area contributed by atoms with Gasteiger partial charge in [0, 0.05) is 6.54 Å². The number of hydrogen-bond donors (Lipinski definition) is 3. The van der Waals surface area contributed by atoms with Crippen LogP contribution in [-0.2, 0) is 4.79 Å². The summed E-state index contributed by atoms with van der Waals surface area (Å²) in [4.78, 5) is 8.90. The summed E-state index contributed by atoms with van der Waals surface area (Å²) < 4.78 is 67.4. The van der Waals surface area contributed by atoms with E-state index in [9.17, 15) is 31.4 Å². The van der Waals surface area contributed by atoms with Gasteiger partial charge in [-0.25, -0.2) is 4.79 Å². The van der Waals surface area contributed by atoms with E-state index in [0.717, 1.165) is 0 Å². The average molecular weight is 297 g/mol. The standard InChI is InChI=1S/C7H12F3NO.C2HF3O2/c8-7(9,10)4-6(12)2-1-3-11-5-6;3-2(4,5)1(6)7/h11-12H,1-5H2;(H,6,7). The van der Waals surface area contributed by atoms with Crippen molar-refractivity contribution in [1.29, 1.82) is 0 Å². The summed E-state index contributed by atoms with van der Waals surface area (Å²) in [5, 5.41) is 19.3. The maximum Gasteiger partial charge on any atom is 0.490 e. The van der Waals surface area contributed by atoms with E-state index in [-0.39, 0.29) is 13.0 Å². The van der Waals surface area contributed by atoms with E-state index >= 15 is 0 Å². The Morgan fingerprint density at radius 1 is 1.21 bits per heavy atom. The van der Waals surface area contributed by atoms with Crippen LogP contribution in [0.15, 0.2) is 0 Å². The molecule has 0 aliphatic carbocycles. The zero-order valence-electron chi connectivity index (χ0n) is 9.61. The van der Waals surface area contributed by atoms with Crippen LogP contribution in [-0.4, -0.2) is 47.2 Å². The SMILES string of the molecule is O=C(O)C(F)(F)F.OC1(CC(F)(F)F)CCCNC1. The van der Waals surface area contributed by atoms with Crippen LogP contribution >= 0.6 is 0 Å². The molecule has 1 heterocycles. The smallest absolute Gasteiger partial charge is 0.475 e. The Balaban J connectivity index is 0.000000399. The number of β-amino-alcohol motifs (C(OH)–C–C–N with tert-alkyl or cyclic N) is 1. The molecule has 0 radical (unpaired) electrons. The third kappa shape index (κ3) is 8.65. The molecule has 1 aliphatic heterocycles. The van der Waals surface area contributed by atoms with E-state index in [1.807, 2.05) is 0 Å². The summed E-state index contributed by atoms with van der Waals surface area (Å²) in [6, 6.07) is 0. The average Bonchev–Trinajstić information content (AvgIpc) is 2.13. The van der Waals surface area contributed by atoms with E-state index in [0.29, 0.717) is 13.0 Å². The lowest BCUT2D eigenvalue weighted by Crippen LogP contribution is -2.48. The lowest BCUT2D eigenvalue weighted by atomic mass is 9.91. The van der Waals surface area contributed by atoms with Crippen LogP contribution in [0.3, 0.4) is 0 Å². The van der Waals surface area contributed by atoms with Crippen molar-refractivity contribution in [2.75, 3.05) is 13.1 Å². The quantitative estimate of drug-likeness (QED) is 0.644. The minimum atomic E-state index is -5.08. The Labute approximate surface area is 104 Å². The Morgan fingerprint density at radius 2 is 1.68 bits per heavy atom. The van der Waals surface area contributed by atoms with Crippen LogP contribution in [0.25, 0.3) is 0 Å². The molecule has 1 aliphatic rings. The van der Waals surface area contributed by atoms with Crippen molar-refractivity contribution in [2.45, 2.75) is 37.2 Å². The summed E-state index contributed by atoms with van der Waals surface area (Å²) >= 11 is 0. The largest absolute Gasteiger partial charge is 0.490 e. The molecule has 1 atom stereocenters. The Kier molecular flexibility index (Phi) is 6.07. The number of alkyl halides is 6. The molecule has 0 bridgehead atoms. The Hall–Kier alpha value is -1.03. The second kappa shape index (κ2) is 6.42. The van der Waals surface area contributed by atoms with Gasteiger partial charge in [-0.2, -0.15) is 26.3 Å². The summed E-state index contributed by atoms with van der Waals surface area (Å²) in [7, 11) is 0. The topological polar surface area (TPSA) is 69.6 Å².